The Morgan fingerprint density at radius 1 is 1.25 bits per heavy atom. The van der Waals surface area contributed by atoms with Gasteiger partial charge in [0.1, 0.15) is 12.4 Å². The molecule has 1 aliphatic rings. The number of allylic oxidation sites excluding steroid dienone is 3. The van der Waals surface area contributed by atoms with E-state index < -0.39 is 0 Å². The highest BCUT2D eigenvalue weighted by molar-refractivity contribution is 14.1. The average Bonchev–Trinajstić information content (AvgIpc) is 2.48. The Morgan fingerprint density at radius 3 is 2.55 bits per heavy atom. The molecule has 1 aliphatic heterocycles. The van der Waals surface area contributed by atoms with Crippen LogP contribution in [0.4, 0.5) is 0 Å². The predicted octanol–water partition coefficient (Wildman–Crippen LogP) is 4.76. The smallest absolute Gasteiger partial charge is 0.119 e. The van der Waals surface area contributed by atoms with Crippen LogP contribution in [-0.2, 0) is 0 Å². The summed E-state index contributed by atoms with van der Waals surface area (Å²) in [4.78, 5) is 2.22. The second-order valence-electron chi connectivity index (χ2n) is 4.38. The van der Waals surface area contributed by atoms with Gasteiger partial charge in [-0.1, -0.05) is 19.2 Å². The first-order chi connectivity index (χ1) is 9.67. The van der Waals surface area contributed by atoms with E-state index in [1.807, 2.05) is 12.1 Å². The number of benzene rings is 1. The third kappa shape index (κ3) is 3.15. The van der Waals surface area contributed by atoms with Crippen molar-refractivity contribution in [2.45, 2.75) is 6.92 Å². The lowest BCUT2D eigenvalue weighted by Crippen LogP contribution is -2.22. The van der Waals surface area contributed by atoms with Crippen LogP contribution < -0.4 is 4.74 Å². The lowest BCUT2D eigenvalue weighted by Gasteiger charge is -2.30. The molecule has 0 amide bonds. The fraction of sp³-hybridized carbons (Fsp3) is 0.176. The second kappa shape index (κ2) is 6.79. The molecule has 2 nitrogen and oxygen atoms in total. The summed E-state index contributed by atoms with van der Waals surface area (Å²) < 4.78 is 6.69. The molecule has 0 spiro atoms. The summed E-state index contributed by atoms with van der Waals surface area (Å²) in [6.45, 7) is 11.4. The number of nitrogens with zero attached hydrogens (tertiary/aromatic N) is 1. The summed E-state index contributed by atoms with van der Waals surface area (Å²) in [5.41, 5.74) is 3.39. The summed E-state index contributed by atoms with van der Waals surface area (Å²) in [5, 5.41) is 0. The molecule has 0 saturated carbocycles. The van der Waals surface area contributed by atoms with Crippen molar-refractivity contribution in [2.75, 3.05) is 13.2 Å². The van der Waals surface area contributed by atoms with Crippen molar-refractivity contribution >= 4 is 28.3 Å². The van der Waals surface area contributed by atoms with Crippen LogP contribution in [0, 0.1) is 0 Å². The Bertz CT molecular complexity index is 569. The predicted molar refractivity (Wildman–Crippen MR) is 93.7 cm³/mol. The minimum absolute atomic E-state index is 0.529. The molecule has 2 rings (SSSR count). The zero-order valence-electron chi connectivity index (χ0n) is 11.6. The fourth-order valence-electron chi connectivity index (χ4n) is 2.10. The number of hydrogen-bond donors (Lipinski definition) is 0. The number of halogens is 1. The van der Waals surface area contributed by atoms with Gasteiger partial charge in [0, 0.05) is 21.5 Å². The average molecular weight is 379 g/mol. The van der Waals surface area contributed by atoms with Gasteiger partial charge < -0.3 is 9.64 Å². The lowest BCUT2D eigenvalue weighted by molar-refractivity contribution is 0.363. The van der Waals surface area contributed by atoms with Crippen molar-refractivity contribution < 1.29 is 4.74 Å². The van der Waals surface area contributed by atoms with Crippen LogP contribution in [0.3, 0.4) is 0 Å². The molecule has 0 N–H and O–H groups in total. The van der Waals surface area contributed by atoms with E-state index in [1.165, 1.54) is 14.8 Å². The molecular weight excluding hydrogens is 361 g/mol. The van der Waals surface area contributed by atoms with Gasteiger partial charge in [-0.3, -0.25) is 0 Å². The topological polar surface area (TPSA) is 12.5 Å². The molecule has 20 heavy (non-hydrogen) atoms. The summed E-state index contributed by atoms with van der Waals surface area (Å²) >= 11 is 2.32. The van der Waals surface area contributed by atoms with Crippen molar-refractivity contribution in [3.05, 3.63) is 70.5 Å². The van der Waals surface area contributed by atoms with Crippen LogP contribution >= 0.6 is 22.6 Å². The Hall–Kier alpha value is -1.49. The van der Waals surface area contributed by atoms with Crippen LogP contribution in [0.25, 0.3) is 5.70 Å². The van der Waals surface area contributed by atoms with Crippen LogP contribution in [-0.4, -0.2) is 18.1 Å². The van der Waals surface area contributed by atoms with E-state index in [0.29, 0.717) is 6.61 Å². The maximum atomic E-state index is 5.51. The van der Waals surface area contributed by atoms with Gasteiger partial charge >= 0.3 is 0 Å². The fourth-order valence-corrected chi connectivity index (χ4v) is 2.57. The van der Waals surface area contributed by atoms with Gasteiger partial charge in [-0.25, -0.2) is 0 Å². The van der Waals surface area contributed by atoms with Crippen molar-refractivity contribution in [1.29, 1.82) is 0 Å². The van der Waals surface area contributed by atoms with Crippen molar-refractivity contribution in [1.82, 2.24) is 4.90 Å². The molecule has 0 aromatic heterocycles. The normalized spacial score (nSPS) is 14.7. The molecule has 0 bridgehead atoms. The summed E-state index contributed by atoms with van der Waals surface area (Å²) in [6, 6.07) is 8.12. The van der Waals surface area contributed by atoms with Gasteiger partial charge in [-0.15, -0.1) is 0 Å². The first-order valence-corrected chi connectivity index (χ1v) is 7.63. The van der Waals surface area contributed by atoms with E-state index in [-0.39, 0.29) is 0 Å². The largest absolute Gasteiger partial charge is 0.490 e. The molecule has 0 unspecified atom stereocenters. The van der Waals surface area contributed by atoms with Gasteiger partial charge in [0.15, 0.2) is 0 Å². The first kappa shape index (κ1) is 14.9. The van der Waals surface area contributed by atoms with E-state index in [1.54, 1.807) is 6.08 Å². The zero-order chi connectivity index (χ0) is 14.5. The van der Waals surface area contributed by atoms with Crippen molar-refractivity contribution in [2.24, 2.45) is 0 Å². The Labute approximate surface area is 134 Å². The number of rotatable bonds is 5. The highest BCUT2D eigenvalue weighted by Gasteiger charge is 2.18. The van der Waals surface area contributed by atoms with Crippen LogP contribution in [0.1, 0.15) is 12.5 Å². The molecule has 1 aromatic carbocycles. The lowest BCUT2D eigenvalue weighted by atomic mass is 10.1. The quantitative estimate of drug-likeness (QED) is 0.540. The molecule has 1 heterocycles. The van der Waals surface area contributed by atoms with Crippen LogP contribution in [0.2, 0.25) is 0 Å². The molecule has 104 valence electrons. The molecule has 0 saturated heterocycles. The Balaban J connectivity index is 2.26. The zero-order valence-corrected chi connectivity index (χ0v) is 13.8. The molecule has 0 radical (unpaired) electrons. The molecule has 3 heteroatoms. The second-order valence-corrected chi connectivity index (χ2v) is 5.54. The SMILES string of the molecule is C=CCOc1ccc(C2=CC=C(I)C(=C)N2CC)cc1. The number of ether oxygens (including phenoxy) is 1. The minimum atomic E-state index is 0.529. The maximum absolute atomic E-state index is 5.51. The highest BCUT2D eigenvalue weighted by Crippen LogP contribution is 2.33. The summed E-state index contributed by atoms with van der Waals surface area (Å²) in [5.74, 6) is 0.858. The van der Waals surface area contributed by atoms with Crippen molar-refractivity contribution in [3.8, 4) is 5.75 Å². The minimum Gasteiger partial charge on any atom is -0.490 e. The van der Waals surface area contributed by atoms with Gasteiger partial charge in [-0.05, 0) is 71.5 Å². The first-order valence-electron chi connectivity index (χ1n) is 6.55. The van der Waals surface area contributed by atoms with E-state index >= 15 is 0 Å². The van der Waals surface area contributed by atoms with Gasteiger partial charge in [0.05, 0.1) is 0 Å². The third-order valence-electron chi connectivity index (χ3n) is 3.11. The maximum Gasteiger partial charge on any atom is 0.119 e. The molecule has 0 aliphatic carbocycles. The number of likely N-dealkylation sites (N-methyl/N-ethyl adjacent to an activating group) is 1. The van der Waals surface area contributed by atoms with Gasteiger partial charge in [0.2, 0.25) is 0 Å². The van der Waals surface area contributed by atoms with E-state index in [9.17, 15) is 0 Å². The molecule has 0 atom stereocenters. The number of hydrogen-bond acceptors (Lipinski definition) is 2. The van der Waals surface area contributed by atoms with Crippen molar-refractivity contribution in [3.63, 3.8) is 0 Å². The third-order valence-corrected chi connectivity index (χ3v) is 4.10. The molecule has 0 fully saturated rings. The standard InChI is InChI=1S/C17H18INO/c1-4-12-20-15-8-6-14(7-9-15)17-11-10-16(18)13(3)19(17)5-2/h4,6-11H,1,3,5,12H2,2H3. The Morgan fingerprint density at radius 2 is 1.95 bits per heavy atom. The molecule has 1 aromatic rings. The highest BCUT2D eigenvalue weighted by atomic mass is 127. The monoisotopic (exact) mass is 379 g/mol. The van der Waals surface area contributed by atoms with Gasteiger partial charge in [0.25, 0.3) is 0 Å². The van der Waals surface area contributed by atoms with E-state index in [2.05, 4.69) is 71.9 Å². The molecular formula is C17H18INO. The van der Waals surface area contributed by atoms with Crippen LogP contribution in [0.5, 0.6) is 5.75 Å². The summed E-state index contributed by atoms with van der Waals surface area (Å²) in [6.07, 6.45) is 5.99. The summed E-state index contributed by atoms with van der Waals surface area (Å²) in [7, 11) is 0. The van der Waals surface area contributed by atoms with E-state index in [0.717, 1.165) is 18.0 Å². The van der Waals surface area contributed by atoms with Crippen LogP contribution in [0.15, 0.2) is 64.9 Å². The Kier molecular flexibility index (Phi) is 5.06. The van der Waals surface area contributed by atoms with E-state index in [4.69, 9.17) is 4.74 Å². The van der Waals surface area contributed by atoms with Gasteiger partial charge in [-0.2, -0.15) is 0 Å².